The zero-order valence-electron chi connectivity index (χ0n) is 13.7. The fourth-order valence-corrected chi connectivity index (χ4v) is 5.11. The van der Waals surface area contributed by atoms with Gasteiger partial charge in [-0.05, 0) is 43.2 Å². The van der Waals surface area contributed by atoms with Crippen LogP contribution in [0.2, 0.25) is 0 Å². The summed E-state index contributed by atoms with van der Waals surface area (Å²) in [5, 5.41) is 10.3. The normalized spacial score (nSPS) is 11.0. The molecule has 0 unspecified atom stereocenters. The number of phenols is 1. The molecule has 1 aromatic rings. The van der Waals surface area contributed by atoms with Gasteiger partial charge in [0.1, 0.15) is 5.75 Å². The zero-order chi connectivity index (χ0) is 15.7. The number of rotatable bonds is 10. The minimum absolute atomic E-state index is 0.464. The van der Waals surface area contributed by atoms with Gasteiger partial charge in [-0.15, -0.1) is 35.3 Å². The summed E-state index contributed by atoms with van der Waals surface area (Å²) in [4.78, 5) is 3.31. The molecule has 120 valence electrons. The minimum atomic E-state index is 0.464. The second-order valence-corrected chi connectivity index (χ2v) is 7.99. The first-order chi connectivity index (χ1) is 10.2. The van der Waals surface area contributed by atoms with Gasteiger partial charge >= 0.3 is 0 Å². The SMILES string of the molecule is CCCCCCCCSc1c(C)cc(SC)c(O)c1SC. The van der Waals surface area contributed by atoms with Crippen molar-refractivity contribution in [3.8, 4) is 5.75 Å². The van der Waals surface area contributed by atoms with Gasteiger partial charge in [-0.3, -0.25) is 0 Å². The Morgan fingerprint density at radius 1 is 0.952 bits per heavy atom. The number of phenolic OH excluding ortho intramolecular Hbond substituents is 1. The lowest BCUT2D eigenvalue weighted by molar-refractivity contribution is 0.445. The van der Waals surface area contributed by atoms with E-state index in [2.05, 4.69) is 19.9 Å². The second-order valence-electron chi connectivity index (χ2n) is 5.22. The minimum Gasteiger partial charge on any atom is -0.506 e. The molecule has 0 spiro atoms. The molecule has 0 heterocycles. The van der Waals surface area contributed by atoms with Gasteiger partial charge in [0.15, 0.2) is 0 Å². The van der Waals surface area contributed by atoms with Crippen molar-refractivity contribution in [1.29, 1.82) is 0 Å². The van der Waals surface area contributed by atoms with E-state index in [-0.39, 0.29) is 0 Å². The van der Waals surface area contributed by atoms with E-state index in [0.717, 1.165) is 15.5 Å². The molecule has 0 radical (unpaired) electrons. The van der Waals surface area contributed by atoms with Crippen LogP contribution in [0.4, 0.5) is 0 Å². The maximum absolute atomic E-state index is 10.3. The summed E-state index contributed by atoms with van der Waals surface area (Å²) in [5.74, 6) is 1.62. The van der Waals surface area contributed by atoms with Crippen molar-refractivity contribution < 1.29 is 5.11 Å². The Bertz CT molecular complexity index is 433. The molecule has 4 heteroatoms. The van der Waals surface area contributed by atoms with Crippen molar-refractivity contribution >= 4 is 35.3 Å². The molecule has 0 amide bonds. The highest BCUT2D eigenvalue weighted by atomic mass is 32.2. The van der Waals surface area contributed by atoms with E-state index in [0.29, 0.717) is 5.75 Å². The molecule has 0 fully saturated rings. The number of hydrogen-bond acceptors (Lipinski definition) is 4. The first-order valence-corrected chi connectivity index (χ1v) is 11.2. The molecule has 0 saturated carbocycles. The number of benzene rings is 1. The fraction of sp³-hybridized carbons (Fsp3) is 0.647. The Balaban J connectivity index is 2.56. The molecular formula is C17H28OS3. The summed E-state index contributed by atoms with van der Waals surface area (Å²) < 4.78 is 0. The van der Waals surface area contributed by atoms with Crippen LogP contribution in [-0.4, -0.2) is 23.4 Å². The predicted octanol–water partition coefficient (Wildman–Crippen LogP) is 6.60. The number of hydrogen-bond donors (Lipinski definition) is 1. The Morgan fingerprint density at radius 2 is 1.62 bits per heavy atom. The highest BCUT2D eigenvalue weighted by Gasteiger charge is 2.15. The van der Waals surface area contributed by atoms with Crippen molar-refractivity contribution in [2.45, 2.75) is 67.1 Å². The average molecular weight is 345 g/mol. The molecule has 1 nitrogen and oxygen atoms in total. The lowest BCUT2D eigenvalue weighted by Gasteiger charge is -2.15. The molecular weight excluding hydrogens is 316 g/mol. The lowest BCUT2D eigenvalue weighted by atomic mass is 10.1. The van der Waals surface area contributed by atoms with E-state index < -0.39 is 0 Å². The van der Waals surface area contributed by atoms with Crippen molar-refractivity contribution in [3.63, 3.8) is 0 Å². The van der Waals surface area contributed by atoms with Crippen LogP contribution in [0.5, 0.6) is 5.75 Å². The summed E-state index contributed by atoms with van der Waals surface area (Å²) in [6.07, 6.45) is 12.1. The monoisotopic (exact) mass is 344 g/mol. The molecule has 1 N–H and O–H groups in total. The quantitative estimate of drug-likeness (QED) is 0.381. The molecule has 1 rings (SSSR count). The van der Waals surface area contributed by atoms with Gasteiger partial charge in [-0.2, -0.15) is 0 Å². The molecule has 0 aromatic heterocycles. The number of aryl methyl sites for hydroxylation is 1. The summed E-state index contributed by atoms with van der Waals surface area (Å²) in [6, 6.07) is 2.11. The third kappa shape index (κ3) is 5.99. The van der Waals surface area contributed by atoms with Gasteiger partial charge in [0.05, 0.1) is 9.79 Å². The summed E-state index contributed by atoms with van der Waals surface area (Å²) in [7, 11) is 0. The molecule has 21 heavy (non-hydrogen) atoms. The highest BCUT2D eigenvalue weighted by molar-refractivity contribution is 8.02. The predicted molar refractivity (Wildman–Crippen MR) is 101 cm³/mol. The van der Waals surface area contributed by atoms with Crippen molar-refractivity contribution in [1.82, 2.24) is 0 Å². The van der Waals surface area contributed by atoms with Crippen LogP contribution >= 0.6 is 35.3 Å². The molecule has 0 aliphatic heterocycles. The molecule has 0 aliphatic rings. The average Bonchev–Trinajstić information content (AvgIpc) is 2.49. The second kappa shape index (κ2) is 10.7. The van der Waals surface area contributed by atoms with Crippen molar-refractivity contribution in [3.05, 3.63) is 11.6 Å². The maximum Gasteiger partial charge on any atom is 0.143 e. The smallest absolute Gasteiger partial charge is 0.143 e. The van der Waals surface area contributed by atoms with Gasteiger partial charge in [0, 0.05) is 4.90 Å². The first kappa shape index (κ1) is 19.1. The Morgan fingerprint density at radius 3 is 2.24 bits per heavy atom. The number of thioether (sulfide) groups is 3. The fourth-order valence-electron chi connectivity index (χ4n) is 2.31. The lowest BCUT2D eigenvalue weighted by Crippen LogP contribution is -1.90. The van der Waals surface area contributed by atoms with Crippen LogP contribution in [0, 0.1) is 6.92 Å². The molecule has 0 bridgehead atoms. The van der Waals surface area contributed by atoms with E-state index in [1.807, 2.05) is 24.3 Å². The summed E-state index contributed by atoms with van der Waals surface area (Å²) in [6.45, 7) is 4.41. The van der Waals surface area contributed by atoms with Gasteiger partial charge in [0.2, 0.25) is 0 Å². The summed E-state index contributed by atoms with van der Waals surface area (Å²) >= 11 is 5.18. The highest BCUT2D eigenvalue weighted by Crippen LogP contribution is 2.44. The summed E-state index contributed by atoms with van der Waals surface area (Å²) in [5.41, 5.74) is 1.29. The van der Waals surface area contributed by atoms with E-state index >= 15 is 0 Å². The maximum atomic E-state index is 10.3. The molecule has 0 atom stereocenters. The van der Waals surface area contributed by atoms with Gasteiger partial charge in [-0.1, -0.05) is 39.0 Å². The van der Waals surface area contributed by atoms with Gasteiger partial charge < -0.3 is 5.11 Å². The van der Waals surface area contributed by atoms with Crippen molar-refractivity contribution in [2.75, 3.05) is 18.3 Å². The number of aromatic hydroxyl groups is 1. The number of unbranched alkanes of at least 4 members (excludes halogenated alkanes) is 5. The van der Waals surface area contributed by atoms with Gasteiger partial charge in [0.25, 0.3) is 0 Å². The Hall–Kier alpha value is 0.0700. The van der Waals surface area contributed by atoms with Crippen LogP contribution in [0.1, 0.15) is 51.0 Å². The van der Waals surface area contributed by atoms with Gasteiger partial charge in [-0.25, -0.2) is 0 Å². The third-order valence-electron chi connectivity index (χ3n) is 3.53. The first-order valence-electron chi connectivity index (χ1n) is 7.73. The standard InChI is InChI=1S/C17H28OS3/c1-5-6-7-8-9-10-11-21-16-13(2)12-14(19-3)15(18)17(16)20-4/h12,18H,5-11H2,1-4H3. The Kier molecular flexibility index (Phi) is 9.78. The van der Waals surface area contributed by atoms with E-state index in [1.165, 1.54) is 49.0 Å². The largest absolute Gasteiger partial charge is 0.506 e. The topological polar surface area (TPSA) is 20.2 Å². The van der Waals surface area contributed by atoms with E-state index in [1.54, 1.807) is 23.5 Å². The van der Waals surface area contributed by atoms with Crippen molar-refractivity contribution in [2.24, 2.45) is 0 Å². The third-order valence-corrected chi connectivity index (χ3v) is 6.52. The van der Waals surface area contributed by atoms with E-state index in [9.17, 15) is 5.11 Å². The van der Waals surface area contributed by atoms with Crippen LogP contribution in [0.3, 0.4) is 0 Å². The Labute approximate surface area is 143 Å². The van der Waals surface area contributed by atoms with Crippen LogP contribution < -0.4 is 0 Å². The molecule has 0 aliphatic carbocycles. The molecule has 1 aromatic carbocycles. The zero-order valence-corrected chi connectivity index (χ0v) is 16.1. The van der Waals surface area contributed by atoms with Crippen LogP contribution in [0.25, 0.3) is 0 Å². The van der Waals surface area contributed by atoms with Crippen LogP contribution in [-0.2, 0) is 0 Å². The molecule has 0 saturated heterocycles. The van der Waals surface area contributed by atoms with E-state index in [4.69, 9.17) is 0 Å². The van der Waals surface area contributed by atoms with Crippen LogP contribution in [0.15, 0.2) is 20.8 Å².